The summed E-state index contributed by atoms with van der Waals surface area (Å²) < 4.78 is 6.18. The summed E-state index contributed by atoms with van der Waals surface area (Å²) in [6.45, 7) is 9.92. The Hall–Kier alpha value is -1.55. The summed E-state index contributed by atoms with van der Waals surface area (Å²) >= 11 is 0. The van der Waals surface area contributed by atoms with E-state index in [0.29, 0.717) is 12.8 Å². The minimum absolute atomic E-state index is 0.0101. The van der Waals surface area contributed by atoms with Crippen molar-refractivity contribution >= 4 is 5.91 Å². The maximum atomic E-state index is 12.5. The molecule has 0 radical (unpaired) electrons. The number of hydrogen-bond acceptors (Lipinski definition) is 3. The molecule has 1 aromatic rings. The lowest BCUT2D eigenvalue weighted by atomic mass is 9.71. The molecule has 1 heterocycles. The van der Waals surface area contributed by atoms with Crippen LogP contribution in [0.15, 0.2) is 24.3 Å². The predicted octanol–water partition coefficient (Wildman–Crippen LogP) is 3.51. The van der Waals surface area contributed by atoms with E-state index in [1.807, 2.05) is 17.9 Å². The Bertz CT molecular complexity index is 616. The largest absolute Gasteiger partial charge is 0.490 e. The standard InChI is InChI=1S/C21H31NO3/c1-20(2,3)16-6-5-7-18(12-16)25-17-8-10-22(11-9-17)19(23)15-13-21(4,24)14-15/h5-7,12,15,17,24H,8-11,13-14H2,1-4H3/t15-,21+. The highest BCUT2D eigenvalue weighted by Gasteiger charge is 2.44. The summed E-state index contributed by atoms with van der Waals surface area (Å²) in [7, 11) is 0. The zero-order valence-electron chi connectivity index (χ0n) is 15.9. The second kappa shape index (κ2) is 6.64. The Kier molecular flexibility index (Phi) is 4.84. The van der Waals surface area contributed by atoms with Crippen molar-refractivity contribution in [1.82, 2.24) is 4.90 Å². The van der Waals surface area contributed by atoms with E-state index in [1.54, 1.807) is 0 Å². The zero-order chi connectivity index (χ0) is 18.2. The second-order valence-corrected chi connectivity index (χ2v) is 9.02. The van der Waals surface area contributed by atoms with Crippen LogP contribution in [0.5, 0.6) is 5.75 Å². The summed E-state index contributed by atoms with van der Waals surface area (Å²) in [5.41, 5.74) is 0.744. The number of benzene rings is 1. The topological polar surface area (TPSA) is 49.8 Å². The first-order valence-electron chi connectivity index (χ1n) is 9.42. The summed E-state index contributed by atoms with van der Waals surface area (Å²) in [6.07, 6.45) is 3.11. The molecule has 2 fully saturated rings. The van der Waals surface area contributed by atoms with Gasteiger partial charge in [0.05, 0.1) is 5.60 Å². The monoisotopic (exact) mass is 345 g/mol. The van der Waals surface area contributed by atoms with E-state index in [1.165, 1.54) is 5.56 Å². The van der Waals surface area contributed by atoms with Gasteiger partial charge in [0.2, 0.25) is 5.91 Å². The van der Waals surface area contributed by atoms with Crippen LogP contribution < -0.4 is 4.74 Å². The van der Waals surface area contributed by atoms with E-state index in [9.17, 15) is 9.90 Å². The first-order chi connectivity index (χ1) is 11.6. The lowest BCUT2D eigenvalue weighted by molar-refractivity contribution is -0.151. The molecule has 1 saturated carbocycles. The third-order valence-corrected chi connectivity index (χ3v) is 5.48. The first-order valence-corrected chi connectivity index (χ1v) is 9.42. The molecule has 1 aliphatic heterocycles. The van der Waals surface area contributed by atoms with Crippen molar-refractivity contribution in [2.45, 2.75) is 70.5 Å². The SMILES string of the molecule is CC(C)(C)c1cccc(OC2CCN(C(=O)[C@H]3C[C@@](C)(O)C3)CC2)c1. The molecule has 2 aliphatic rings. The molecule has 1 N–H and O–H groups in total. The van der Waals surface area contributed by atoms with Crippen LogP contribution in [0.25, 0.3) is 0 Å². The van der Waals surface area contributed by atoms with E-state index in [2.05, 4.69) is 39.0 Å². The molecular weight excluding hydrogens is 314 g/mol. The number of nitrogens with zero attached hydrogens (tertiary/aromatic N) is 1. The second-order valence-electron chi connectivity index (χ2n) is 9.02. The summed E-state index contributed by atoms with van der Waals surface area (Å²) in [6, 6.07) is 8.34. The fourth-order valence-corrected chi connectivity index (χ4v) is 3.86. The average molecular weight is 345 g/mol. The normalized spacial score (nSPS) is 27.7. The molecule has 1 saturated heterocycles. The minimum atomic E-state index is -0.639. The van der Waals surface area contributed by atoms with Gasteiger partial charge in [-0.1, -0.05) is 32.9 Å². The van der Waals surface area contributed by atoms with Crippen molar-refractivity contribution in [3.8, 4) is 5.75 Å². The van der Waals surface area contributed by atoms with Gasteiger partial charge in [0, 0.05) is 31.8 Å². The van der Waals surface area contributed by atoms with Gasteiger partial charge >= 0.3 is 0 Å². The van der Waals surface area contributed by atoms with E-state index < -0.39 is 5.60 Å². The average Bonchev–Trinajstić information content (AvgIpc) is 2.52. The Balaban J connectivity index is 1.51. The van der Waals surface area contributed by atoms with Crippen LogP contribution in [-0.2, 0) is 10.2 Å². The van der Waals surface area contributed by atoms with Gasteiger partial charge in [0.25, 0.3) is 0 Å². The van der Waals surface area contributed by atoms with Crippen molar-refractivity contribution in [1.29, 1.82) is 0 Å². The van der Waals surface area contributed by atoms with Gasteiger partial charge in [-0.3, -0.25) is 4.79 Å². The smallest absolute Gasteiger partial charge is 0.225 e. The third-order valence-electron chi connectivity index (χ3n) is 5.48. The number of piperidine rings is 1. The van der Waals surface area contributed by atoms with Crippen LogP contribution in [0.3, 0.4) is 0 Å². The van der Waals surface area contributed by atoms with E-state index in [0.717, 1.165) is 31.7 Å². The van der Waals surface area contributed by atoms with E-state index in [4.69, 9.17) is 4.74 Å². The number of carbonyl (C=O) groups is 1. The molecule has 1 amide bonds. The van der Waals surface area contributed by atoms with Gasteiger partial charge in [-0.2, -0.15) is 0 Å². The zero-order valence-corrected chi connectivity index (χ0v) is 15.9. The Morgan fingerprint density at radius 1 is 1.24 bits per heavy atom. The molecule has 0 unspecified atom stereocenters. The van der Waals surface area contributed by atoms with Gasteiger partial charge in [-0.25, -0.2) is 0 Å². The molecule has 25 heavy (non-hydrogen) atoms. The Morgan fingerprint density at radius 2 is 1.88 bits per heavy atom. The first kappa shape index (κ1) is 18.2. The molecule has 0 atom stereocenters. The predicted molar refractivity (Wildman–Crippen MR) is 98.7 cm³/mol. The molecule has 4 heteroatoms. The van der Waals surface area contributed by atoms with Crippen LogP contribution in [0.1, 0.15) is 58.9 Å². The van der Waals surface area contributed by atoms with Crippen molar-refractivity contribution in [3.05, 3.63) is 29.8 Å². The summed E-state index contributed by atoms with van der Waals surface area (Å²) in [4.78, 5) is 14.4. The highest BCUT2D eigenvalue weighted by Crippen LogP contribution is 2.38. The third kappa shape index (κ3) is 4.35. The van der Waals surface area contributed by atoms with Gasteiger partial charge in [-0.05, 0) is 42.9 Å². The number of likely N-dealkylation sites (tertiary alicyclic amines) is 1. The Morgan fingerprint density at radius 3 is 2.44 bits per heavy atom. The molecule has 4 nitrogen and oxygen atoms in total. The Labute approximate surface area is 151 Å². The lowest BCUT2D eigenvalue weighted by Crippen LogP contribution is -2.51. The number of carbonyl (C=O) groups excluding carboxylic acids is 1. The maximum absolute atomic E-state index is 12.5. The lowest BCUT2D eigenvalue weighted by Gasteiger charge is -2.43. The summed E-state index contributed by atoms with van der Waals surface area (Å²) in [5, 5.41) is 9.83. The molecule has 0 bridgehead atoms. The molecule has 1 aliphatic carbocycles. The number of amides is 1. The van der Waals surface area contributed by atoms with Gasteiger partial charge in [-0.15, -0.1) is 0 Å². The summed E-state index contributed by atoms with van der Waals surface area (Å²) in [5.74, 6) is 1.14. The van der Waals surface area contributed by atoms with Crippen molar-refractivity contribution < 1.29 is 14.6 Å². The van der Waals surface area contributed by atoms with Crippen LogP contribution in [0.4, 0.5) is 0 Å². The quantitative estimate of drug-likeness (QED) is 0.912. The fraction of sp³-hybridized carbons (Fsp3) is 0.667. The maximum Gasteiger partial charge on any atom is 0.225 e. The molecule has 1 aromatic carbocycles. The fourth-order valence-electron chi connectivity index (χ4n) is 3.86. The van der Waals surface area contributed by atoms with Crippen molar-refractivity contribution in [2.24, 2.45) is 5.92 Å². The highest BCUT2D eigenvalue weighted by molar-refractivity contribution is 5.80. The van der Waals surface area contributed by atoms with Crippen LogP contribution in [0, 0.1) is 5.92 Å². The molecular formula is C21H31NO3. The van der Waals surface area contributed by atoms with Gasteiger partial charge in [0.15, 0.2) is 0 Å². The molecule has 3 rings (SSSR count). The highest BCUT2D eigenvalue weighted by atomic mass is 16.5. The molecule has 0 aromatic heterocycles. The van der Waals surface area contributed by atoms with Crippen LogP contribution in [-0.4, -0.2) is 40.7 Å². The van der Waals surface area contributed by atoms with Crippen LogP contribution in [0.2, 0.25) is 0 Å². The van der Waals surface area contributed by atoms with E-state index >= 15 is 0 Å². The van der Waals surface area contributed by atoms with E-state index in [-0.39, 0.29) is 23.3 Å². The number of aliphatic hydroxyl groups is 1. The minimum Gasteiger partial charge on any atom is -0.490 e. The number of ether oxygens (including phenoxy) is 1. The van der Waals surface area contributed by atoms with Crippen molar-refractivity contribution in [3.63, 3.8) is 0 Å². The molecule has 0 spiro atoms. The van der Waals surface area contributed by atoms with Crippen molar-refractivity contribution in [2.75, 3.05) is 13.1 Å². The van der Waals surface area contributed by atoms with Gasteiger partial charge in [0.1, 0.15) is 11.9 Å². The number of hydrogen-bond donors (Lipinski definition) is 1. The van der Waals surface area contributed by atoms with Gasteiger partial charge < -0.3 is 14.7 Å². The molecule has 138 valence electrons. The van der Waals surface area contributed by atoms with Crippen LogP contribution >= 0.6 is 0 Å². The number of rotatable bonds is 3.